The van der Waals surface area contributed by atoms with E-state index in [1.54, 1.807) is 16.3 Å². The summed E-state index contributed by atoms with van der Waals surface area (Å²) in [5.41, 5.74) is 0. The fourth-order valence-electron chi connectivity index (χ4n) is 2.83. The number of methoxy groups -OCH3 is 1. The van der Waals surface area contributed by atoms with Crippen molar-refractivity contribution in [2.75, 3.05) is 86.2 Å². The van der Waals surface area contributed by atoms with Gasteiger partial charge in [-0.1, -0.05) is 0 Å². The smallest absolute Gasteiger partial charge is 0.282 e. The zero-order chi connectivity index (χ0) is 17.6. The van der Waals surface area contributed by atoms with Crippen molar-refractivity contribution >= 4 is 16.1 Å². The van der Waals surface area contributed by atoms with Crippen molar-refractivity contribution in [1.29, 1.82) is 0 Å². The third-order valence-electron chi connectivity index (χ3n) is 4.47. The van der Waals surface area contributed by atoms with Gasteiger partial charge in [-0.05, 0) is 7.05 Å². The molecule has 1 amide bonds. The molecule has 2 aliphatic heterocycles. The molecule has 2 saturated heterocycles. The highest BCUT2D eigenvalue weighted by Gasteiger charge is 2.34. The molecule has 0 saturated carbocycles. The molecular weight excluding hydrogens is 334 g/mol. The molecular formula is C14H29N5O4S. The Kier molecular flexibility index (Phi) is 7.38. The number of amides is 1. The molecule has 9 nitrogen and oxygen atoms in total. The summed E-state index contributed by atoms with van der Waals surface area (Å²) < 4.78 is 33.3. The maximum absolute atomic E-state index is 12.7. The molecule has 0 bridgehead atoms. The van der Waals surface area contributed by atoms with Crippen LogP contribution in [-0.4, -0.2) is 119 Å². The largest absolute Gasteiger partial charge is 0.383 e. The van der Waals surface area contributed by atoms with Crippen molar-refractivity contribution in [3.63, 3.8) is 0 Å². The Labute approximate surface area is 144 Å². The van der Waals surface area contributed by atoms with Crippen molar-refractivity contribution < 1.29 is 17.9 Å². The molecule has 24 heavy (non-hydrogen) atoms. The lowest BCUT2D eigenvalue weighted by molar-refractivity contribution is -0.131. The standard InChI is InChI=1S/C14H29N5O4S/c1-16-4-8-18(9-5-16)24(21,22)19-10-6-17(7-11-19)14(20)13-15-3-12-23-2/h15H,3-13H2,1-2H3. The van der Waals surface area contributed by atoms with E-state index in [9.17, 15) is 13.2 Å². The lowest BCUT2D eigenvalue weighted by atomic mass is 10.3. The van der Waals surface area contributed by atoms with E-state index in [0.717, 1.165) is 13.1 Å². The highest BCUT2D eigenvalue weighted by molar-refractivity contribution is 7.86. The lowest BCUT2D eigenvalue weighted by Crippen LogP contribution is -2.57. The zero-order valence-electron chi connectivity index (χ0n) is 14.6. The third-order valence-corrected chi connectivity index (χ3v) is 6.50. The number of rotatable bonds is 7. The molecule has 0 unspecified atom stereocenters. The molecule has 0 radical (unpaired) electrons. The average molecular weight is 363 g/mol. The van der Waals surface area contributed by atoms with Gasteiger partial charge in [0.25, 0.3) is 10.2 Å². The van der Waals surface area contributed by atoms with Crippen LogP contribution >= 0.6 is 0 Å². The highest BCUT2D eigenvalue weighted by Crippen LogP contribution is 2.14. The maximum atomic E-state index is 12.7. The summed E-state index contributed by atoms with van der Waals surface area (Å²) in [6.45, 7) is 5.61. The minimum Gasteiger partial charge on any atom is -0.383 e. The second kappa shape index (κ2) is 9.07. The van der Waals surface area contributed by atoms with Crippen molar-refractivity contribution in [3.8, 4) is 0 Å². The van der Waals surface area contributed by atoms with E-state index >= 15 is 0 Å². The molecule has 2 rings (SSSR count). The summed E-state index contributed by atoms with van der Waals surface area (Å²) in [7, 11) is 0.198. The molecule has 0 spiro atoms. The maximum Gasteiger partial charge on any atom is 0.282 e. The first kappa shape index (κ1) is 19.5. The molecule has 2 aliphatic rings. The van der Waals surface area contributed by atoms with Gasteiger partial charge in [-0.25, -0.2) is 0 Å². The molecule has 0 aromatic carbocycles. The van der Waals surface area contributed by atoms with Gasteiger partial charge in [-0.2, -0.15) is 17.0 Å². The van der Waals surface area contributed by atoms with Crippen LogP contribution in [0.25, 0.3) is 0 Å². The number of likely N-dealkylation sites (N-methyl/N-ethyl adjacent to an activating group) is 1. The van der Waals surface area contributed by atoms with E-state index in [0.29, 0.717) is 52.4 Å². The Hall–Kier alpha value is -0.780. The van der Waals surface area contributed by atoms with Crippen LogP contribution in [-0.2, 0) is 19.7 Å². The topological polar surface area (TPSA) is 85.4 Å². The number of hydrogen-bond donors (Lipinski definition) is 1. The lowest BCUT2D eigenvalue weighted by Gasteiger charge is -2.39. The van der Waals surface area contributed by atoms with Gasteiger partial charge in [0.1, 0.15) is 0 Å². The van der Waals surface area contributed by atoms with E-state index in [1.807, 2.05) is 7.05 Å². The van der Waals surface area contributed by atoms with Crippen LogP contribution in [0.5, 0.6) is 0 Å². The Bertz CT molecular complexity index is 499. The van der Waals surface area contributed by atoms with E-state index < -0.39 is 10.2 Å². The summed E-state index contributed by atoms with van der Waals surface area (Å²) >= 11 is 0. The van der Waals surface area contributed by atoms with Gasteiger partial charge in [0.05, 0.1) is 13.2 Å². The van der Waals surface area contributed by atoms with Crippen LogP contribution in [0, 0.1) is 0 Å². The molecule has 0 aromatic heterocycles. The van der Waals surface area contributed by atoms with Gasteiger partial charge < -0.3 is 19.9 Å². The van der Waals surface area contributed by atoms with Crippen LogP contribution in [0.1, 0.15) is 0 Å². The van der Waals surface area contributed by atoms with Crippen LogP contribution < -0.4 is 5.32 Å². The monoisotopic (exact) mass is 363 g/mol. The Balaban J connectivity index is 1.78. The first-order chi connectivity index (χ1) is 11.4. The summed E-state index contributed by atoms with van der Waals surface area (Å²) in [6.07, 6.45) is 0. The van der Waals surface area contributed by atoms with Gasteiger partial charge in [-0.3, -0.25) is 4.79 Å². The van der Waals surface area contributed by atoms with Gasteiger partial charge in [-0.15, -0.1) is 0 Å². The van der Waals surface area contributed by atoms with Crippen LogP contribution in [0.2, 0.25) is 0 Å². The van der Waals surface area contributed by atoms with E-state index in [-0.39, 0.29) is 12.5 Å². The predicted molar refractivity (Wildman–Crippen MR) is 90.9 cm³/mol. The molecule has 0 aromatic rings. The number of nitrogens with one attached hydrogen (secondary N) is 1. The first-order valence-corrected chi connectivity index (χ1v) is 9.76. The van der Waals surface area contributed by atoms with Crippen LogP contribution in [0.3, 0.4) is 0 Å². The molecule has 2 heterocycles. The molecule has 0 atom stereocenters. The van der Waals surface area contributed by atoms with Crippen molar-refractivity contribution in [2.24, 2.45) is 0 Å². The van der Waals surface area contributed by atoms with Gasteiger partial charge in [0.2, 0.25) is 5.91 Å². The Morgan fingerprint density at radius 3 is 2.08 bits per heavy atom. The third kappa shape index (κ3) is 5.11. The first-order valence-electron chi connectivity index (χ1n) is 8.36. The minimum atomic E-state index is -3.41. The molecule has 1 N–H and O–H groups in total. The van der Waals surface area contributed by atoms with E-state index in [4.69, 9.17) is 4.74 Å². The van der Waals surface area contributed by atoms with Crippen molar-refractivity contribution in [1.82, 2.24) is 23.7 Å². The van der Waals surface area contributed by atoms with Crippen molar-refractivity contribution in [3.05, 3.63) is 0 Å². The Morgan fingerprint density at radius 2 is 1.54 bits per heavy atom. The number of piperazine rings is 2. The number of hydrogen-bond acceptors (Lipinski definition) is 6. The normalized spacial score (nSPS) is 22.0. The quantitative estimate of drug-likeness (QED) is 0.520. The fraction of sp³-hybridized carbons (Fsp3) is 0.929. The summed E-state index contributed by atoms with van der Waals surface area (Å²) in [5, 5.41) is 3.02. The molecule has 2 fully saturated rings. The molecule has 0 aliphatic carbocycles. The Morgan fingerprint density at radius 1 is 1.00 bits per heavy atom. The molecule has 140 valence electrons. The summed E-state index contributed by atoms with van der Waals surface area (Å²) in [4.78, 5) is 15.9. The second-order valence-electron chi connectivity index (χ2n) is 6.16. The summed E-state index contributed by atoms with van der Waals surface area (Å²) in [5.74, 6) is 0.00254. The SMILES string of the molecule is COCCNCC(=O)N1CCN(S(=O)(=O)N2CCN(C)CC2)CC1. The summed E-state index contributed by atoms with van der Waals surface area (Å²) in [6, 6.07) is 0. The van der Waals surface area contributed by atoms with Gasteiger partial charge >= 0.3 is 0 Å². The highest BCUT2D eigenvalue weighted by atomic mass is 32.2. The number of carbonyl (C=O) groups is 1. The number of ether oxygens (including phenoxy) is 1. The van der Waals surface area contributed by atoms with E-state index in [2.05, 4.69) is 10.2 Å². The molecule has 10 heteroatoms. The van der Waals surface area contributed by atoms with Crippen molar-refractivity contribution in [2.45, 2.75) is 0 Å². The minimum absolute atomic E-state index is 0.00254. The van der Waals surface area contributed by atoms with Crippen LogP contribution in [0.4, 0.5) is 0 Å². The fourth-order valence-corrected chi connectivity index (χ4v) is 4.41. The van der Waals surface area contributed by atoms with Crippen LogP contribution in [0.15, 0.2) is 0 Å². The average Bonchev–Trinajstić information content (AvgIpc) is 2.59. The van der Waals surface area contributed by atoms with Gasteiger partial charge in [0.15, 0.2) is 0 Å². The van der Waals surface area contributed by atoms with E-state index in [1.165, 1.54) is 4.31 Å². The second-order valence-corrected chi connectivity index (χ2v) is 8.09. The number of nitrogens with zero attached hydrogens (tertiary/aromatic N) is 4. The predicted octanol–water partition coefficient (Wildman–Crippen LogP) is -2.14. The van der Waals surface area contributed by atoms with Gasteiger partial charge in [0, 0.05) is 66.0 Å². The zero-order valence-corrected chi connectivity index (χ0v) is 15.4. The number of carbonyl (C=O) groups excluding carboxylic acids is 1.